The van der Waals surface area contributed by atoms with Gasteiger partial charge in [0.15, 0.2) is 0 Å². The molecule has 0 bridgehead atoms. The van der Waals surface area contributed by atoms with Gasteiger partial charge in [0.2, 0.25) is 0 Å². The average molecular weight is 284 g/mol. The molecule has 1 fully saturated rings. The van der Waals surface area contributed by atoms with Crippen molar-refractivity contribution in [1.29, 1.82) is 0 Å². The fourth-order valence-electron chi connectivity index (χ4n) is 1.71. The van der Waals surface area contributed by atoms with Crippen LogP contribution in [0.5, 0.6) is 0 Å². The van der Waals surface area contributed by atoms with Crippen LogP contribution in [0.1, 0.15) is 10.4 Å². The second-order valence-corrected chi connectivity index (χ2v) is 5.25. The number of hydrogen-bond donors (Lipinski definition) is 2. The number of rotatable bonds is 2. The summed E-state index contributed by atoms with van der Waals surface area (Å²) in [4.78, 5) is 24.1. The van der Waals surface area contributed by atoms with Crippen LogP contribution >= 0.6 is 11.8 Å². The van der Waals surface area contributed by atoms with E-state index >= 15 is 0 Å². The lowest BCUT2D eigenvalue weighted by atomic mass is 10.2. The third-order valence-electron chi connectivity index (χ3n) is 2.76. The molecular formula is C12H13FN2O3S. The highest BCUT2D eigenvalue weighted by Crippen LogP contribution is 2.17. The fraction of sp³-hybridized carbons (Fsp3) is 0.333. The Kier molecular flexibility index (Phi) is 4.26. The Bertz CT molecular complexity index is 504. The molecule has 1 aromatic rings. The van der Waals surface area contributed by atoms with E-state index in [1.54, 1.807) is 16.7 Å². The zero-order valence-corrected chi connectivity index (χ0v) is 10.9. The molecule has 1 aliphatic heterocycles. The van der Waals surface area contributed by atoms with Crippen LogP contribution in [0.4, 0.5) is 14.9 Å². The van der Waals surface area contributed by atoms with Gasteiger partial charge in [0, 0.05) is 24.6 Å². The van der Waals surface area contributed by atoms with Crippen LogP contribution in [-0.4, -0.2) is 46.6 Å². The lowest BCUT2D eigenvalue weighted by molar-refractivity contribution is 0.0696. The van der Waals surface area contributed by atoms with E-state index in [1.807, 2.05) is 0 Å². The van der Waals surface area contributed by atoms with Crippen molar-refractivity contribution in [3.8, 4) is 0 Å². The van der Waals surface area contributed by atoms with Gasteiger partial charge in [-0.25, -0.2) is 14.0 Å². The van der Waals surface area contributed by atoms with Crippen molar-refractivity contribution in [1.82, 2.24) is 4.90 Å². The van der Waals surface area contributed by atoms with Gasteiger partial charge >= 0.3 is 12.0 Å². The molecule has 0 aliphatic carbocycles. The first-order valence-corrected chi connectivity index (χ1v) is 6.90. The lowest BCUT2D eigenvalue weighted by Crippen LogP contribution is -2.40. The van der Waals surface area contributed by atoms with Crippen molar-refractivity contribution in [2.24, 2.45) is 0 Å². The number of anilines is 1. The highest BCUT2D eigenvalue weighted by Gasteiger charge is 2.18. The number of nitrogens with one attached hydrogen (secondary N) is 1. The maximum atomic E-state index is 13.6. The maximum Gasteiger partial charge on any atom is 0.335 e. The number of carbonyl (C=O) groups excluding carboxylic acids is 1. The second kappa shape index (κ2) is 5.92. The predicted molar refractivity (Wildman–Crippen MR) is 71.3 cm³/mol. The van der Waals surface area contributed by atoms with Crippen LogP contribution in [0, 0.1) is 5.82 Å². The number of nitrogens with zero attached hydrogens (tertiary/aromatic N) is 1. The van der Waals surface area contributed by atoms with Crippen molar-refractivity contribution in [3.05, 3.63) is 29.6 Å². The van der Waals surface area contributed by atoms with E-state index in [2.05, 4.69) is 5.32 Å². The lowest BCUT2D eigenvalue weighted by Gasteiger charge is -2.26. The van der Waals surface area contributed by atoms with Crippen LogP contribution in [0.15, 0.2) is 18.2 Å². The molecule has 102 valence electrons. The van der Waals surface area contributed by atoms with Gasteiger partial charge in [-0.05, 0) is 18.2 Å². The Labute approximate surface area is 113 Å². The van der Waals surface area contributed by atoms with Gasteiger partial charge in [-0.2, -0.15) is 11.8 Å². The summed E-state index contributed by atoms with van der Waals surface area (Å²) in [5.41, 5.74) is -0.155. The van der Waals surface area contributed by atoms with Crippen LogP contribution in [0.25, 0.3) is 0 Å². The zero-order chi connectivity index (χ0) is 13.8. The van der Waals surface area contributed by atoms with Gasteiger partial charge in [-0.15, -0.1) is 0 Å². The van der Waals surface area contributed by atoms with E-state index in [9.17, 15) is 14.0 Å². The molecule has 1 aliphatic rings. The Morgan fingerprint density at radius 3 is 2.58 bits per heavy atom. The van der Waals surface area contributed by atoms with Gasteiger partial charge in [0.25, 0.3) is 0 Å². The molecule has 2 rings (SSSR count). The van der Waals surface area contributed by atoms with Crippen molar-refractivity contribution >= 4 is 29.4 Å². The fourth-order valence-corrected chi connectivity index (χ4v) is 2.61. The number of carboxylic acid groups (broad SMARTS) is 1. The topological polar surface area (TPSA) is 69.6 Å². The van der Waals surface area contributed by atoms with Crippen LogP contribution in [-0.2, 0) is 0 Å². The molecule has 0 aromatic heterocycles. The van der Waals surface area contributed by atoms with Crippen LogP contribution in [0.3, 0.4) is 0 Å². The highest BCUT2D eigenvalue weighted by molar-refractivity contribution is 7.99. The van der Waals surface area contributed by atoms with Crippen molar-refractivity contribution in [2.45, 2.75) is 0 Å². The number of hydrogen-bond acceptors (Lipinski definition) is 3. The number of thioether (sulfide) groups is 1. The first kappa shape index (κ1) is 13.7. The first-order chi connectivity index (χ1) is 9.08. The smallest absolute Gasteiger partial charge is 0.335 e. The quantitative estimate of drug-likeness (QED) is 0.872. The summed E-state index contributed by atoms with van der Waals surface area (Å²) in [5.74, 6) is -0.216. The molecule has 5 nitrogen and oxygen atoms in total. The van der Waals surface area contributed by atoms with E-state index in [0.29, 0.717) is 13.1 Å². The minimum atomic E-state index is -1.20. The largest absolute Gasteiger partial charge is 0.478 e. The van der Waals surface area contributed by atoms with E-state index in [1.165, 1.54) is 12.1 Å². The van der Waals surface area contributed by atoms with Crippen LogP contribution < -0.4 is 5.32 Å². The molecule has 2 amide bonds. The zero-order valence-electron chi connectivity index (χ0n) is 10.1. The van der Waals surface area contributed by atoms with E-state index in [-0.39, 0.29) is 17.3 Å². The normalized spacial score (nSPS) is 15.1. The molecule has 0 unspecified atom stereocenters. The van der Waals surface area contributed by atoms with Crippen molar-refractivity contribution in [2.75, 3.05) is 29.9 Å². The Balaban J connectivity index is 2.06. The number of aromatic carboxylic acids is 1. The van der Waals surface area contributed by atoms with E-state index in [0.717, 1.165) is 17.6 Å². The summed E-state index contributed by atoms with van der Waals surface area (Å²) in [6.45, 7) is 1.26. The summed E-state index contributed by atoms with van der Waals surface area (Å²) in [6.07, 6.45) is 0. The summed E-state index contributed by atoms with van der Waals surface area (Å²) in [7, 11) is 0. The van der Waals surface area contributed by atoms with Gasteiger partial charge in [-0.1, -0.05) is 0 Å². The summed E-state index contributed by atoms with van der Waals surface area (Å²) < 4.78 is 13.6. The van der Waals surface area contributed by atoms with E-state index in [4.69, 9.17) is 5.11 Å². The minimum Gasteiger partial charge on any atom is -0.478 e. The Morgan fingerprint density at radius 2 is 2.00 bits per heavy atom. The Morgan fingerprint density at radius 1 is 1.32 bits per heavy atom. The average Bonchev–Trinajstić information content (AvgIpc) is 2.41. The molecule has 7 heteroatoms. The van der Waals surface area contributed by atoms with Gasteiger partial charge < -0.3 is 15.3 Å². The van der Waals surface area contributed by atoms with Gasteiger partial charge in [-0.3, -0.25) is 0 Å². The number of carboxylic acids is 1. The maximum absolute atomic E-state index is 13.6. The molecule has 1 aromatic carbocycles. The number of urea groups is 1. The standard InChI is InChI=1S/C12H13FN2O3S/c13-9-7-8(11(16)17)1-2-10(9)14-12(18)15-3-5-19-6-4-15/h1-2,7H,3-6H2,(H,14,18)(H,16,17). The third-order valence-corrected chi connectivity index (χ3v) is 3.70. The SMILES string of the molecule is O=C(O)c1ccc(NC(=O)N2CCSCC2)c(F)c1. The third kappa shape index (κ3) is 3.37. The first-order valence-electron chi connectivity index (χ1n) is 5.74. The summed E-state index contributed by atoms with van der Waals surface area (Å²) in [5, 5.41) is 11.2. The molecule has 2 N–H and O–H groups in total. The second-order valence-electron chi connectivity index (χ2n) is 4.03. The molecule has 0 spiro atoms. The summed E-state index contributed by atoms with van der Waals surface area (Å²) in [6, 6.07) is 3.05. The Hall–Kier alpha value is -1.76. The van der Waals surface area contributed by atoms with Crippen LogP contribution in [0.2, 0.25) is 0 Å². The summed E-state index contributed by atoms with van der Waals surface area (Å²) >= 11 is 1.77. The molecule has 1 saturated heterocycles. The molecule has 0 radical (unpaired) electrons. The monoisotopic (exact) mass is 284 g/mol. The number of benzene rings is 1. The minimum absolute atomic E-state index is 0.00627. The van der Waals surface area contributed by atoms with E-state index < -0.39 is 11.8 Å². The molecule has 1 heterocycles. The van der Waals surface area contributed by atoms with Gasteiger partial charge in [0.05, 0.1) is 11.3 Å². The van der Waals surface area contributed by atoms with Crippen molar-refractivity contribution in [3.63, 3.8) is 0 Å². The molecule has 0 saturated carbocycles. The number of halogens is 1. The molecule has 0 atom stereocenters. The molecular weight excluding hydrogens is 271 g/mol. The number of carbonyl (C=O) groups is 2. The van der Waals surface area contributed by atoms with Crippen molar-refractivity contribution < 1.29 is 19.1 Å². The number of amides is 2. The predicted octanol–water partition coefficient (Wildman–Crippen LogP) is 2.10. The highest BCUT2D eigenvalue weighted by atomic mass is 32.2. The molecule has 19 heavy (non-hydrogen) atoms. The van der Waals surface area contributed by atoms with Gasteiger partial charge in [0.1, 0.15) is 5.82 Å².